The van der Waals surface area contributed by atoms with Gasteiger partial charge in [-0.15, -0.1) is 0 Å². The van der Waals surface area contributed by atoms with Gasteiger partial charge >= 0.3 is 12.1 Å². The average Bonchev–Trinajstić information content (AvgIpc) is 3.17. The van der Waals surface area contributed by atoms with Crippen LogP contribution in [0, 0.1) is 0 Å². The van der Waals surface area contributed by atoms with Gasteiger partial charge in [-0.1, -0.05) is 84.9 Å². The molecular weight excluding hydrogens is 725 g/mol. The number of fused-ring (bicyclic) bond motifs is 2. The Morgan fingerprint density at radius 3 is 1.95 bits per heavy atom. The van der Waals surface area contributed by atoms with E-state index in [4.69, 9.17) is 14.2 Å². The van der Waals surface area contributed by atoms with Crippen molar-refractivity contribution in [2.24, 2.45) is 0 Å². The van der Waals surface area contributed by atoms with Gasteiger partial charge in [0.1, 0.15) is 11.6 Å². The Bertz CT molecular complexity index is 1920. The van der Waals surface area contributed by atoms with Crippen molar-refractivity contribution in [3.63, 3.8) is 0 Å². The number of hydrogen-bond donors (Lipinski definition) is 4. The van der Waals surface area contributed by atoms with Gasteiger partial charge in [0.2, 0.25) is 11.8 Å². The first-order chi connectivity index (χ1) is 27.3. The number of unbranched alkanes of at least 4 members (excludes halogenated alkanes) is 1. The lowest BCUT2D eigenvalue weighted by Gasteiger charge is -2.37. The molecule has 13 nitrogen and oxygen atoms in total. The number of hydrogen-bond acceptors (Lipinski definition) is 8. The van der Waals surface area contributed by atoms with Gasteiger partial charge in [0.25, 0.3) is 0 Å². The highest BCUT2D eigenvalue weighted by Crippen LogP contribution is 2.24. The SMILES string of the molecule is CCOC(OCC)[C@H](C)N(Cc1cccc2ccccc12)C(=O)[C@H](CCCCNC(=O)OC(C)(C)C)NC(=O)CN(C)NC(=O)NCc1cccc2ccccc12. The lowest BCUT2D eigenvalue weighted by atomic mass is 10.0. The van der Waals surface area contributed by atoms with Gasteiger partial charge in [0.05, 0.1) is 12.6 Å². The van der Waals surface area contributed by atoms with Crippen molar-refractivity contribution in [3.8, 4) is 0 Å². The number of likely N-dealkylation sites (N-methyl/N-ethyl adjacent to an activating group) is 1. The van der Waals surface area contributed by atoms with Gasteiger partial charge in [0.15, 0.2) is 6.29 Å². The molecular formula is C44H60N6O7. The fourth-order valence-electron chi connectivity index (χ4n) is 6.60. The van der Waals surface area contributed by atoms with Crippen molar-refractivity contribution in [1.29, 1.82) is 0 Å². The largest absolute Gasteiger partial charge is 0.444 e. The Morgan fingerprint density at radius 1 is 0.754 bits per heavy atom. The van der Waals surface area contributed by atoms with Crippen LogP contribution in [0.25, 0.3) is 21.5 Å². The van der Waals surface area contributed by atoms with Crippen LogP contribution in [0.4, 0.5) is 9.59 Å². The van der Waals surface area contributed by atoms with Crippen molar-refractivity contribution in [3.05, 3.63) is 96.1 Å². The number of alkyl carbamates (subject to hydrolysis) is 1. The minimum atomic E-state index is -0.936. The maximum absolute atomic E-state index is 14.8. The van der Waals surface area contributed by atoms with Gasteiger partial charge < -0.3 is 35.1 Å². The van der Waals surface area contributed by atoms with Crippen molar-refractivity contribution in [2.75, 3.05) is 33.4 Å². The molecule has 0 heterocycles. The standard InChI is InChI=1S/C44H60N6O7/c1-8-55-41(56-9-2)31(3)50(29-35-23-17-21-33-19-11-13-25-37(33)35)40(52)38(26-14-15-27-45-43(54)57-44(4,5)6)47-39(51)30-49(7)48-42(53)46-28-34-22-16-20-32-18-10-12-24-36(32)34/h10-13,16-25,31,38,41H,8-9,14-15,26-30H2,1-7H3,(H,45,54)(H,47,51)(H2,46,48,53)/t31-,38-/m0/s1. The molecule has 0 fully saturated rings. The third-order valence-electron chi connectivity index (χ3n) is 9.26. The number of rotatable bonds is 20. The predicted molar refractivity (Wildman–Crippen MR) is 223 cm³/mol. The number of nitrogens with zero attached hydrogens (tertiary/aromatic N) is 2. The van der Waals surface area contributed by atoms with E-state index in [1.807, 2.05) is 106 Å². The normalized spacial score (nSPS) is 12.6. The van der Waals surface area contributed by atoms with Crippen LogP contribution in [0.5, 0.6) is 0 Å². The second-order valence-electron chi connectivity index (χ2n) is 15.0. The maximum Gasteiger partial charge on any atom is 0.407 e. The minimum Gasteiger partial charge on any atom is -0.444 e. The Kier molecular flexibility index (Phi) is 17.1. The molecule has 57 heavy (non-hydrogen) atoms. The summed E-state index contributed by atoms with van der Waals surface area (Å²) in [5.41, 5.74) is 3.96. The second-order valence-corrected chi connectivity index (χ2v) is 15.0. The van der Waals surface area contributed by atoms with Crippen LogP contribution in [0.3, 0.4) is 0 Å². The van der Waals surface area contributed by atoms with E-state index in [1.54, 1.807) is 32.7 Å². The number of carbonyl (C=O) groups is 4. The fourth-order valence-corrected chi connectivity index (χ4v) is 6.60. The smallest absolute Gasteiger partial charge is 0.407 e. The minimum absolute atomic E-state index is 0.217. The van der Waals surface area contributed by atoms with Crippen molar-refractivity contribution >= 4 is 45.5 Å². The number of amides is 5. The van der Waals surface area contributed by atoms with Crippen LogP contribution in [0.2, 0.25) is 0 Å². The van der Waals surface area contributed by atoms with Crippen LogP contribution in [-0.4, -0.2) is 91.2 Å². The average molecular weight is 785 g/mol. The number of benzene rings is 4. The van der Waals surface area contributed by atoms with Crippen LogP contribution in [0.1, 0.15) is 71.9 Å². The molecule has 0 bridgehead atoms. The summed E-state index contributed by atoms with van der Waals surface area (Å²) in [7, 11) is 1.58. The third kappa shape index (κ3) is 14.0. The molecule has 0 spiro atoms. The van der Waals surface area contributed by atoms with E-state index in [2.05, 4.69) is 21.4 Å². The molecule has 2 atom stereocenters. The first kappa shape index (κ1) is 44.5. The van der Waals surface area contributed by atoms with Crippen LogP contribution in [-0.2, 0) is 36.9 Å². The van der Waals surface area contributed by atoms with E-state index >= 15 is 0 Å². The zero-order valence-electron chi connectivity index (χ0n) is 34.4. The maximum atomic E-state index is 14.8. The van der Waals surface area contributed by atoms with E-state index < -0.39 is 42.0 Å². The first-order valence-electron chi connectivity index (χ1n) is 19.8. The summed E-state index contributed by atoms with van der Waals surface area (Å²) in [4.78, 5) is 55.3. The van der Waals surface area contributed by atoms with E-state index in [1.165, 1.54) is 5.01 Å². The zero-order valence-corrected chi connectivity index (χ0v) is 34.4. The summed E-state index contributed by atoms with van der Waals surface area (Å²) in [6, 6.07) is 25.9. The molecule has 0 saturated carbocycles. The van der Waals surface area contributed by atoms with Crippen LogP contribution < -0.4 is 21.4 Å². The number of hydrazine groups is 1. The van der Waals surface area contributed by atoms with Gasteiger partial charge in [-0.05, 0) is 93.5 Å². The van der Waals surface area contributed by atoms with E-state index in [0.717, 1.165) is 32.7 Å². The molecule has 0 saturated heterocycles. The van der Waals surface area contributed by atoms with Gasteiger partial charge in [0, 0.05) is 39.9 Å². The summed E-state index contributed by atoms with van der Waals surface area (Å²) in [5, 5.41) is 14.1. The molecule has 0 unspecified atom stereocenters. The molecule has 4 aromatic rings. The van der Waals surface area contributed by atoms with Gasteiger partial charge in [-0.2, -0.15) is 0 Å². The summed E-state index contributed by atoms with van der Waals surface area (Å²) in [6.45, 7) is 12.4. The predicted octanol–water partition coefficient (Wildman–Crippen LogP) is 6.64. The highest BCUT2D eigenvalue weighted by atomic mass is 16.7. The molecule has 4 rings (SSSR count). The summed E-state index contributed by atoms with van der Waals surface area (Å²) in [6.07, 6.45) is 0.102. The lowest BCUT2D eigenvalue weighted by Crippen LogP contribution is -2.56. The molecule has 0 aromatic heterocycles. The van der Waals surface area contributed by atoms with Crippen molar-refractivity contribution in [2.45, 2.75) is 97.9 Å². The summed E-state index contributed by atoms with van der Waals surface area (Å²) < 4.78 is 17.3. The summed E-state index contributed by atoms with van der Waals surface area (Å²) >= 11 is 0. The molecule has 5 amide bonds. The summed E-state index contributed by atoms with van der Waals surface area (Å²) in [5.74, 6) is -0.766. The molecule has 13 heteroatoms. The van der Waals surface area contributed by atoms with E-state index in [9.17, 15) is 19.2 Å². The number of carbonyl (C=O) groups excluding carboxylic acids is 4. The molecule has 0 radical (unpaired) electrons. The molecule has 4 N–H and O–H groups in total. The topological polar surface area (TPSA) is 151 Å². The molecule has 4 aromatic carbocycles. The number of ether oxygens (including phenoxy) is 3. The number of urea groups is 1. The highest BCUT2D eigenvalue weighted by Gasteiger charge is 2.34. The van der Waals surface area contributed by atoms with E-state index in [-0.39, 0.29) is 25.4 Å². The molecule has 308 valence electrons. The monoisotopic (exact) mass is 784 g/mol. The molecule has 0 aliphatic heterocycles. The first-order valence-corrected chi connectivity index (χ1v) is 19.8. The van der Waals surface area contributed by atoms with Crippen LogP contribution >= 0.6 is 0 Å². The van der Waals surface area contributed by atoms with Crippen LogP contribution in [0.15, 0.2) is 84.9 Å². The zero-order chi connectivity index (χ0) is 41.4. The van der Waals surface area contributed by atoms with Crippen molar-refractivity contribution < 1.29 is 33.4 Å². The Morgan fingerprint density at radius 2 is 1.33 bits per heavy atom. The Hall–Kier alpha value is -5.24. The van der Waals surface area contributed by atoms with E-state index in [0.29, 0.717) is 39.1 Å². The highest BCUT2D eigenvalue weighted by molar-refractivity contribution is 5.90. The second kappa shape index (κ2) is 21.9. The Labute approximate surface area is 336 Å². The Balaban J connectivity index is 1.49. The van der Waals surface area contributed by atoms with Gasteiger partial charge in [-0.25, -0.2) is 14.6 Å². The number of nitrogens with one attached hydrogen (secondary N) is 4. The molecule has 0 aliphatic carbocycles. The quantitative estimate of drug-likeness (QED) is 0.0443. The van der Waals surface area contributed by atoms with Gasteiger partial charge in [-0.3, -0.25) is 15.0 Å². The fraction of sp³-hybridized carbons (Fsp3) is 0.455. The lowest BCUT2D eigenvalue weighted by molar-refractivity contribution is -0.179. The molecule has 0 aliphatic rings. The van der Waals surface area contributed by atoms with Crippen molar-refractivity contribution in [1.82, 2.24) is 31.3 Å². The third-order valence-corrected chi connectivity index (χ3v) is 9.26.